The average Bonchev–Trinajstić information content (AvgIpc) is 2.92. The molecule has 150 valence electrons. The predicted octanol–water partition coefficient (Wildman–Crippen LogP) is 2.01. The number of nitrogens with one attached hydrogen (secondary N) is 1. The number of anilines is 1. The van der Waals surface area contributed by atoms with Gasteiger partial charge in [0.1, 0.15) is 12.3 Å². The van der Waals surface area contributed by atoms with Crippen molar-refractivity contribution in [2.45, 2.75) is 25.7 Å². The van der Waals surface area contributed by atoms with Gasteiger partial charge < -0.3 is 14.8 Å². The van der Waals surface area contributed by atoms with E-state index in [1.807, 2.05) is 0 Å². The second-order valence-corrected chi connectivity index (χ2v) is 7.25. The van der Waals surface area contributed by atoms with Gasteiger partial charge in [0.25, 0.3) is 5.91 Å². The Kier molecular flexibility index (Phi) is 6.18. The molecule has 1 aliphatic heterocycles. The van der Waals surface area contributed by atoms with Crippen molar-refractivity contribution < 1.29 is 28.7 Å². The number of hydrogen-bond acceptors (Lipinski definition) is 6. The quantitative estimate of drug-likeness (QED) is 0.570. The number of rotatable bonds is 6. The normalized spacial score (nSPS) is 21.3. The van der Waals surface area contributed by atoms with Crippen LogP contribution in [0.4, 0.5) is 5.69 Å². The van der Waals surface area contributed by atoms with Crippen LogP contribution in [0.3, 0.4) is 0 Å². The highest BCUT2D eigenvalue weighted by molar-refractivity contribution is 6.31. The summed E-state index contributed by atoms with van der Waals surface area (Å²) >= 11 is 5.90. The summed E-state index contributed by atoms with van der Waals surface area (Å²) in [5, 5.41) is 2.94. The van der Waals surface area contributed by atoms with E-state index in [-0.39, 0.29) is 23.7 Å². The Morgan fingerprint density at radius 2 is 1.82 bits per heavy atom. The highest BCUT2D eigenvalue weighted by atomic mass is 35.5. The number of likely N-dealkylation sites (tertiary alicyclic amines) is 1. The first-order valence-corrected chi connectivity index (χ1v) is 9.42. The Morgan fingerprint density at radius 3 is 2.43 bits per heavy atom. The lowest BCUT2D eigenvalue weighted by molar-refractivity contribution is -0.154. The Balaban J connectivity index is 1.52. The molecule has 1 N–H and O–H groups in total. The number of halogens is 1. The van der Waals surface area contributed by atoms with Crippen molar-refractivity contribution in [1.82, 2.24) is 4.90 Å². The fraction of sp³-hybridized carbons (Fsp3) is 0.474. The van der Waals surface area contributed by atoms with Crippen LogP contribution in [0, 0.1) is 11.8 Å². The molecule has 3 rings (SSSR count). The minimum absolute atomic E-state index is 0.320. The number of amides is 3. The summed E-state index contributed by atoms with van der Waals surface area (Å²) in [6.45, 7) is -1.03. The third kappa shape index (κ3) is 4.27. The number of carbonyl (C=O) groups excluding carboxylic acids is 4. The molecule has 3 amide bonds. The maximum absolute atomic E-state index is 12.4. The van der Waals surface area contributed by atoms with Crippen molar-refractivity contribution in [2.24, 2.45) is 11.8 Å². The molecule has 1 aliphatic carbocycles. The smallest absolute Gasteiger partial charge is 0.326 e. The minimum Gasteiger partial charge on any atom is -0.495 e. The first-order chi connectivity index (χ1) is 13.4. The van der Waals surface area contributed by atoms with E-state index in [1.165, 1.54) is 13.2 Å². The Bertz CT molecular complexity index is 788. The fourth-order valence-electron chi connectivity index (χ4n) is 3.67. The molecule has 28 heavy (non-hydrogen) atoms. The molecular weight excluding hydrogens is 388 g/mol. The highest BCUT2D eigenvalue weighted by Gasteiger charge is 2.48. The molecule has 1 saturated carbocycles. The maximum atomic E-state index is 12.4. The van der Waals surface area contributed by atoms with Crippen molar-refractivity contribution in [3.05, 3.63) is 23.2 Å². The molecule has 1 saturated heterocycles. The van der Waals surface area contributed by atoms with Crippen LogP contribution < -0.4 is 10.1 Å². The minimum atomic E-state index is -0.812. The summed E-state index contributed by atoms with van der Waals surface area (Å²) in [7, 11) is 1.45. The summed E-state index contributed by atoms with van der Waals surface area (Å²) in [5.41, 5.74) is 0.338. The largest absolute Gasteiger partial charge is 0.495 e. The second kappa shape index (κ2) is 8.60. The predicted molar refractivity (Wildman–Crippen MR) is 99.8 cm³/mol. The zero-order valence-corrected chi connectivity index (χ0v) is 16.2. The number of fused-ring (bicyclic) bond motifs is 1. The Hall–Kier alpha value is -2.61. The van der Waals surface area contributed by atoms with Gasteiger partial charge in [-0.05, 0) is 31.0 Å². The number of imide groups is 1. The number of hydrogen-bond donors (Lipinski definition) is 1. The van der Waals surface area contributed by atoms with Crippen LogP contribution in [0.5, 0.6) is 5.75 Å². The third-order valence-electron chi connectivity index (χ3n) is 5.02. The first kappa shape index (κ1) is 20.1. The molecule has 0 bridgehead atoms. The summed E-state index contributed by atoms with van der Waals surface area (Å²) in [4.78, 5) is 49.7. The number of esters is 1. The lowest BCUT2D eigenvalue weighted by Gasteiger charge is -2.19. The highest BCUT2D eigenvalue weighted by Crippen LogP contribution is 2.37. The zero-order valence-electron chi connectivity index (χ0n) is 15.4. The summed E-state index contributed by atoms with van der Waals surface area (Å²) in [5.74, 6) is -2.30. The van der Waals surface area contributed by atoms with E-state index >= 15 is 0 Å². The molecule has 2 aliphatic rings. The molecule has 2 atom stereocenters. The van der Waals surface area contributed by atoms with Gasteiger partial charge in [0.15, 0.2) is 6.61 Å². The molecule has 1 aromatic rings. The molecule has 0 aromatic heterocycles. The molecule has 8 nitrogen and oxygen atoms in total. The van der Waals surface area contributed by atoms with Crippen molar-refractivity contribution in [1.29, 1.82) is 0 Å². The Morgan fingerprint density at radius 1 is 1.18 bits per heavy atom. The molecule has 1 aromatic carbocycles. The van der Waals surface area contributed by atoms with Crippen molar-refractivity contribution in [2.75, 3.05) is 25.6 Å². The maximum Gasteiger partial charge on any atom is 0.326 e. The lowest BCUT2D eigenvalue weighted by atomic mass is 9.81. The molecule has 2 unspecified atom stereocenters. The van der Waals surface area contributed by atoms with Gasteiger partial charge in [0.05, 0.1) is 24.6 Å². The van der Waals surface area contributed by atoms with E-state index in [1.54, 1.807) is 12.1 Å². The second-order valence-electron chi connectivity index (χ2n) is 6.81. The van der Waals surface area contributed by atoms with Crippen molar-refractivity contribution in [3.8, 4) is 5.75 Å². The Labute approximate surface area is 167 Å². The molecule has 0 radical (unpaired) electrons. The van der Waals surface area contributed by atoms with Crippen molar-refractivity contribution >= 4 is 41.0 Å². The van der Waals surface area contributed by atoms with Gasteiger partial charge in [0.2, 0.25) is 11.8 Å². The van der Waals surface area contributed by atoms with Gasteiger partial charge in [0, 0.05) is 5.02 Å². The van der Waals surface area contributed by atoms with E-state index in [0.29, 0.717) is 29.3 Å². The van der Waals surface area contributed by atoms with Gasteiger partial charge in [-0.2, -0.15) is 0 Å². The van der Waals surface area contributed by atoms with Crippen molar-refractivity contribution in [3.63, 3.8) is 0 Å². The monoisotopic (exact) mass is 408 g/mol. The molecule has 1 heterocycles. The summed E-state index contributed by atoms with van der Waals surface area (Å²) in [6, 6.07) is 4.70. The van der Waals surface area contributed by atoms with Crippen LogP contribution >= 0.6 is 11.6 Å². The molecule has 9 heteroatoms. The van der Waals surface area contributed by atoms with Gasteiger partial charge >= 0.3 is 5.97 Å². The SMILES string of the molecule is COc1ccc(Cl)cc1NC(=O)COC(=O)CN1C(=O)C2CCCCC2C1=O. The van der Waals surface area contributed by atoms with Crippen LogP contribution in [0.1, 0.15) is 25.7 Å². The average molecular weight is 409 g/mol. The van der Waals surface area contributed by atoms with E-state index < -0.39 is 25.0 Å². The van der Waals surface area contributed by atoms with E-state index in [9.17, 15) is 19.2 Å². The summed E-state index contributed by atoms with van der Waals surface area (Å²) < 4.78 is 10.0. The summed E-state index contributed by atoms with van der Waals surface area (Å²) in [6.07, 6.45) is 3.16. The van der Waals surface area contributed by atoms with Crippen LogP contribution in [-0.4, -0.2) is 48.9 Å². The number of carbonyl (C=O) groups is 4. The van der Waals surface area contributed by atoms with Gasteiger partial charge in [-0.15, -0.1) is 0 Å². The third-order valence-corrected chi connectivity index (χ3v) is 5.25. The van der Waals surface area contributed by atoms with E-state index in [2.05, 4.69) is 5.32 Å². The number of ether oxygens (including phenoxy) is 2. The topological polar surface area (TPSA) is 102 Å². The standard InChI is InChI=1S/C19H21ClN2O6/c1-27-15-7-6-11(20)8-14(15)21-16(23)10-28-17(24)9-22-18(25)12-4-2-3-5-13(12)19(22)26/h6-8,12-13H,2-5,9-10H2,1H3,(H,21,23). The number of methoxy groups -OCH3 is 1. The molecular formula is C19H21ClN2O6. The van der Waals surface area contributed by atoms with E-state index in [4.69, 9.17) is 21.1 Å². The van der Waals surface area contributed by atoms with Crippen LogP contribution in [0.2, 0.25) is 5.02 Å². The van der Waals surface area contributed by atoms with Gasteiger partial charge in [-0.25, -0.2) is 0 Å². The molecule has 0 spiro atoms. The lowest BCUT2D eigenvalue weighted by Crippen LogP contribution is -2.37. The van der Waals surface area contributed by atoms with Gasteiger partial charge in [-0.3, -0.25) is 24.1 Å². The van der Waals surface area contributed by atoms with Crippen LogP contribution in [-0.2, 0) is 23.9 Å². The van der Waals surface area contributed by atoms with Crippen LogP contribution in [0.15, 0.2) is 18.2 Å². The van der Waals surface area contributed by atoms with Gasteiger partial charge in [-0.1, -0.05) is 24.4 Å². The fourth-order valence-corrected chi connectivity index (χ4v) is 3.84. The first-order valence-electron chi connectivity index (χ1n) is 9.05. The number of benzene rings is 1. The molecule has 2 fully saturated rings. The van der Waals surface area contributed by atoms with E-state index in [0.717, 1.165) is 17.7 Å². The number of nitrogens with zero attached hydrogens (tertiary/aromatic N) is 1. The zero-order chi connectivity index (χ0) is 20.3. The van der Waals surface area contributed by atoms with Crippen LogP contribution in [0.25, 0.3) is 0 Å².